The zero-order valence-corrected chi connectivity index (χ0v) is 19.6. The summed E-state index contributed by atoms with van der Waals surface area (Å²) in [5, 5.41) is 7.09. The van der Waals surface area contributed by atoms with Gasteiger partial charge in [0.2, 0.25) is 0 Å². The molecular weight excluding hydrogens is 465 g/mol. The van der Waals surface area contributed by atoms with Crippen molar-refractivity contribution in [2.24, 2.45) is 0 Å². The fraction of sp³-hybridized carbons (Fsp3) is 0.250. The summed E-state index contributed by atoms with van der Waals surface area (Å²) < 4.78 is 25.2. The van der Waals surface area contributed by atoms with Crippen LogP contribution in [-0.4, -0.2) is 41.3 Å². The molecule has 0 spiro atoms. The molecule has 0 aliphatic rings. The molecule has 1 N–H and O–H groups in total. The van der Waals surface area contributed by atoms with Crippen LogP contribution in [0.3, 0.4) is 0 Å². The number of rotatable bonds is 8. The Labute approximate surface area is 200 Å². The second-order valence-electron chi connectivity index (χ2n) is 7.43. The van der Waals surface area contributed by atoms with Crippen LogP contribution in [0.15, 0.2) is 42.5 Å². The van der Waals surface area contributed by atoms with E-state index >= 15 is 0 Å². The lowest BCUT2D eigenvalue weighted by atomic mass is 10.1. The molecule has 0 aliphatic heterocycles. The summed E-state index contributed by atoms with van der Waals surface area (Å²) in [7, 11) is 1.35. The predicted octanol–water partition coefficient (Wildman–Crippen LogP) is 4.18. The Morgan fingerprint density at radius 1 is 1.12 bits per heavy atom. The summed E-state index contributed by atoms with van der Waals surface area (Å²) in [4.78, 5) is 35.8. The zero-order chi connectivity index (χ0) is 24.8. The van der Waals surface area contributed by atoms with Crippen LogP contribution in [0.2, 0.25) is 5.02 Å². The Morgan fingerprint density at radius 3 is 2.50 bits per heavy atom. The Bertz CT molecular complexity index is 1220. The van der Waals surface area contributed by atoms with E-state index in [1.54, 1.807) is 28.9 Å². The van der Waals surface area contributed by atoms with E-state index in [4.69, 9.17) is 21.1 Å². The first kappa shape index (κ1) is 24.9. The van der Waals surface area contributed by atoms with Crippen molar-refractivity contribution >= 4 is 35.1 Å². The number of aromatic nitrogens is 2. The number of hydrogen-bond acceptors (Lipinski definition) is 6. The van der Waals surface area contributed by atoms with E-state index in [0.29, 0.717) is 6.42 Å². The van der Waals surface area contributed by atoms with Crippen molar-refractivity contribution in [1.29, 1.82) is 0 Å². The fourth-order valence-corrected chi connectivity index (χ4v) is 3.52. The molecule has 0 fully saturated rings. The molecular formula is C24H23ClFN3O5. The smallest absolute Gasteiger partial charge is 0.338 e. The van der Waals surface area contributed by atoms with E-state index in [2.05, 4.69) is 10.4 Å². The lowest BCUT2D eigenvalue weighted by molar-refractivity contribution is -0.140. The maximum absolute atomic E-state index is 13.7. The molecule has 0 saturated heterocycles. The Kier molecular flexibility index (Phi) is 8.01. The summed E-state index contributed by atoms with van der Waals surface area (Å²) in [5.41, 5.74) is 3.48. The van der Waals surface area contributed by atoms with Crippen LogP contribution in [0.1, 0.15) is 33.7 Å². The van der Waals surface area contributed by atoms with Crippen molar-refractivity contribution in [3.63, 3.8) is 0 Å². The predicted molar refractivity (Wildman–Crippen MR) is 124 cm³/mol. The van der Waals surface area contributed by atoms with Crippen LogP contribution in [0.4, 0.5) is 10.1 Å². The Hall–Kier alpha value is -3.72. The van der Waals surface area contributed by atoms with E-state index in [1.165, 1.54) is 19.2 Å². The van der Waals surface area contributed by atoms with Gasteiger partial charge in [0.25, 0.3) is 5.91 Å². The average molecular weight is 488 g/mol. The van der Waals surface area contributed by atoms with Gasteiger partial charge >= 0.3 is 11.9 Å². The SMILES string of the molecule is COC(=O)CCc1c(C)nn(-c2ccc(C(=O)OCC(=O)Nc3cc(Cl)ccc3F)cc2)c1C. The molecule has 0 unspecified atom stereocenters. The molecule has 0 aliphatic carbocycles. The molecule has 0 radical (unpaired) electrons. The number of esters is 2. The van der Waals surface area contributed by atoms with E-state index in [0.717, 1.165) is 28.7 Å². The molecule has 178 valence electrons. The van der Waals surface area contributed by atoms with Crippen molar-refractivity contribution in [2.45, 2.75) is 26.7 Å². The topological polar surface area (TPSA) is 99.5 Å². The average Bonchev–Trinajstić information content (AvgIpc) is 3.11. The normalized spacial score (nSPS) is 10.6. The maximum atomic E-state index is 13.7. The van der Waals surface area contributed by atoms with Crippen molar-refractivity contribution in [3.8, 4) is 5.69 Å². The van der Waals surface area contributed by atoms with E-state index in [9.17, 15) is 18.8 Å². The number of amides is 1. The van der Waals surface area contributed by atoms with Crippen LogP contribution in [-0.2, 0) is 25.5 Å². The summed E-state index contributed by atoms with van der Waals surface area (Å²) in [6.07, 6.45) is 0.766. The zero-order valence-electron chi connectivity index (χ0n) is 18.9. The van der Waals surface area contributed by atoms with Gasteiger partial charge in [0, 0.05) is 17.1 Å². The number of halogens is 2. The molecule has 10 heteroatoms. The van der Waals surface area contributed by atoms with Gasteiger partial charge in [-0.1, -0.05) is 11.6 Å². The Balaban J connectivity index is 1.62. The quantitative estimate of drug-likeness (QED) is 0.478. The van der Waals surface area contributed by atoms with Gasteiger partial charge in [-0.15, -0.1) is 0 Å². The fourth-order valence-electron chi connectivity index (χ4n) is 3.35. The first-order chi connectivity index (χ1) is 16.2. The summed E-state index contributed by atoms with van der Waals surface area (Å²) >= 11 is 5.79. The second-order valence-corrected chi connectivity index (χ2v) is 7.87. The van der Waals surface area contributed by atoms with Gasteiger partial charge in [-0.2, -0.15) is 5.10 Å². The highest BCUT2D eigenvalue weighted by Crippen LogP contribution is 2.21. The first-order valence-electron chi connectivity index (χ1n) is 10.3. The summed E-state index contributed by atoms with van der Waals surface area (Å²) in [6, 6.07) is 10.2. The summed E-state index contributed by atoms with van der Waals surface area (Å²) in [5.74, 6) is -2.35. The number of methoxy groups -OCH3 is 1. The van der Waals surface area contributed by atoms with Gasteiger partial charge < -0.3 is 14.8 Å². The summed E-state index contributed by atoms with van der Waals surface area (Å²) in [6.45, 7) is 3.17. The van der Waals surface area contributed by atoms with Crippen molar-refractivity contribution in [3.05, 3.63) is 75.8 Å². The molecule has 0 saturated carbocycles. The number of nitrogens with one attached hydrogen (secondary N) is 1. The third kappa shape index (κ3) is 5.99. The monoisotopic (exact) mass is 487 g/mol. The third-order valence-corrected chi connectivity index (χ3v) is 5.37. The number of anilines is 1. The van der Waals surface area contributed by atoms with Gasteiger partial charge in [-0.3, -0.25) is 9.59 Å². The number of benzene rings is 2. The van der Waals surface area contributed by atoms with Gasteiger partial charge in [-0.05, 0) is 68.3 Å². The molecule has 3 rings (SSSR count). The molecule has 1 aromatic heterocycles. The number of ether oxygens (including phenoxy) is 2. The minimum atomic E-state index is -0.708. The van der Waals surface area contributed by atoms with Crippen molar-refractivity contribution < 1.29 is 28.2 Å². The van der Waals surface area contributed by atoms with Crippen LogP contribution < -0.4 is 5.32 Å². The number of aryl methyl sites for hydroxylation is 1. The molecule has 2 aromatic carbocycles. The molecule has 3 aromatic rings. The van der Waals surface area contributed by atoms with E-state index in [1.807, 2.05) is 13.8 Å². The molecule has 0 atom stereocenters. The largest absolute Gasteiger partial charge is 0.469 e. The van der Waals surface area contributed by atoms with Crippen LogP contribution in [0.25, 0.3) is 5.69 Å². The first-order valence-corrected chi connectivity index (χ1v) is 10.7. The minimum Gasteiger partial charge on any atom is -0.469 e. The minimum absolute atomic E-state index is 0.103. The van der Waals surface area contributed by atoms with Gasteiger partial charge in [0.15, 0.2) is 6.61 Å². The maximum Gasteiger partial charge on any atom is 0.338 e. The van der Waals surface area contributed by atoms with Crippen LogP contribution in [0, 0.1) is 19.7 Å². The van der Waals surface area contributed by atoms with Crippen molar-refractivity contribution in [2.75, 3.05) is 19.0 Å². The third-order valence-electron chi connectivity index (χ3n) is 5.13. The Morgan fingerprint density at radius 2 is 1.82 bits per heavy atom. The van der Waals surface area contributed by atoms with Gasteiger partial charge in [0.05, 0.1) is 29.7 Å². The van der Waals surface area contributed by atoms with E-state index in [-0.39, 0.29) is 28.7 Å². The molecule has 1 amide bonds. The highest BCUT2D eigenvalue weighted by Gasteiger charge is 2.16. The van der Waals surface area contributed by atoms with E-state index < -0.39 is 24.3 Å². The van der Waals surface area contributed by atoms with Crippen LogP contribution >= 0.6 is 11.6 Å². The lowest BCUT2D eigenvalue weighted by Crippen LogP contribution is -2.21. The standard InChI is InChI=1S/C24H23ClFN3O5/c1-14-19(9-11-23(31)33-3)15(2)29(28-14)18-7-4-16(5-8-18)24(32)34-13-22(30)27-21-12-17(25)6-10-20(21)26/h4-8,10,12H,9,11,13H2,1-3H3,(H,27,30). The number of carbonyl (C=O) groups excluding carboxylic acids is 3. The highest BCUT2D eigenvalue weighted by atomic mass is 35.5. The van der Waals surface area contributed by atoms with Crippen molar-refractivity contribution in [1.82, 2.24) is 9.78 Å². The molecule has 34 heavy (non-hydrogen) atoms. The highest BCUT2D eigenvalue weighted by molar-refractivity contribution is 6.30. The van der Waals surface area contributed by atoms with Gasteiger partial charge in [-0.25, -0.2) is 13.9 Å². The number of carbonyl (C=O) groups is 3. The number of hydrogen-bond donors (Lipinski definition) is 1. The number of nitrogens with zero attached hydrogens (tertiary/aromatic N) is 2. The van der Waals surface area contributed by atoms with Gasteiger partial charge in [0.1, 0.15) is 5.82 Å². The molecule has 1 heterocycles. The van der Waals surface area contributed by atoms with Crippen LogP contribution in [0.5, 0.6) is 0 Å². The molecule has 8 nitrogen and oxygen atoms in total. The second kappa shape index (κ2) is 10.9. The molecule has 0 bridgehead atoms. The lowest BCUT2D eigenvalue weighted by Gasteiger charge is -2.09.